The molecule has 0 aromatic heterocycles. The first kappa shape index (κ1) is 23.6. The van der Waals surface area contributed by atoms with Crippen molar-refractivity contribution in [2.45, 2.75) is 70.5 Å². The van der Waals surface area contributed by atoms with Crippen molar-refractivity contribution in [3.8, 4) is 0 Å². The van der Waals surface area contributed by atoms with Crippen LogP contribution in [-0.4, -0.2) is 67.5 Å². The largest absolute Gasteiger partial charge is 0.354 e. The fraction of sp³-hybridized carbons (Fsp3) is 0.680. The van der Waals surface area contributed by atoms with Crippen LogP contribution in [0.1, 0.15) is 57.4 Å². The summed E-state index contributed by atoms with van der Waals surface area (Å²) in [5.41, 5.74) is 1.38. The quantitative estimate of drug-likeness (QED) is 0.518. The zero-order chi connectivity index (χ0) is 22.1. The van der Waals surface area contributed by atoms with Crippen molar-refractivity contribution in [2.75, 3.05) is 33.7 Å². The molecule has 0 atom stereocenters. The smallest absolute Gasteiger partial charge is 0.243 e. The average Bonchev–Trinajstić information content (AvgIpc) is 2.79. The summed E-state index contributed by atoms with van der Waals surface area (Å²) in [6.07, 6.45) is 8.43. The minimum atomic E-state index is 0.0356. The Bertz CT molecular complexity index is 689. The molecule has 1 aliphatic heterocycles. The highest BCUT2D eigenvalue weighted by Crippen LogP contribution is 2.26. The van der Waals surface area contributed by atoms with E-state index in [4.69, 9.17) is 0 Å². The lowest BCUT2D eigenvalue weighted by Gasteiger charge is -2.34. The Morgan fingerprint density at radius 3 is 2.19 bits per heavy atom. The van der Waals surface area contributed by atoms with Crippen molar-refractivity contribution in [3.05, 3.63) is 35.9 Å². The molecule has 2 N–H and O–H groups in total. The fourth-order valence-corrected chi connectivity index (χ4v) is 4.60. The van der Waals surface area contributed by atoms with E-state index >= 15 is 0 Å². The monoisotopic (exact) mass is 427 g/mol. The van der Waals surface area contributed by atoms with Crippen LogP contribution in [0.2, 0.25) is 0 Å². The lowest BCUT2D eigenvalue weighted by Crippen LogP contribution is -2.51. The predicted octanol–water partition coefficient (Wildman–Crippen LogP) is 3.24. The van der Waals surface area contributed by atoms with Gasteiger partial charge in [0, 0.05) is 45.8 Å². The van der Waals surface area contributed by atoms with Crippen molar-refractivity contribution in [3.63, 3.8) is 0 Å². The highest BCUT2D eigenvalue weighted by atomic mass is 16.2. The van der Waals surface area contributed by atoms with E-state index in [-0.39, 0.29) is 12.5 Å². The average molecular weight is 428 g/mol. The Labute approximate surface area is 188 Å². The van der Waals surface area contributed by atoms with Crippen molar-refractivity contribution in [1.82, 2.24) is 20.4 Å². The van der Waals surface area contributed by atoms with Crippen LogP contribution >= 0.6 is 0 Å². The summed E-state index contributed by atoms with van der Waals surface area (Å²) in [6, 6.07) is 11.6. The summed E-state index contributed by atoms with van der Waals surface area (Å²) in [4.78, 5) is 20.9. The van der Waals surface area contributed by atoms with E-state index in [2.05, 4.69) is 57.8 Å². The van der Waals surface area contributed by atoms with Gasteiger partial charge in [-0.1, -0.05) is 43.7 Å². The fourth-order valence-electron chi connectivity index (χ4n) is 4.60. The van der Waals surface area contributed by atoms with Crippen LogP contribution in [0, 0.1) is 5.92 Å². The van der Waals surface area contributed by atoms with Crippen LogP contribution in [-0.2, 0) is 11.3 Å². The molecule has 0 bridgehead atoms. The minimum absolute atomic E-state index is 0.0356. The third-order valence-electron chi connectivity index (χ3n) is 6.81. The van der Waals surface area contributed by atoms with Gasteiger partial charge in [-0.15, -0.1) is 0 Å². The normalized spacial score (nSPS) is 23.4. The summed E-state index contributed by atoms with van der Waals surface area (Å²) in [5, 5.41) is 7.30. The van der Waals surface area contributed by atoms with Gasteiger partial charge in [0.1, 0.15) is 6.54 Å². The number of amides is 1. The molecule has 172 valence electrons. The van der Waals surface area contributed by atoms with E-state index < -0.39 is 0 Å². The highest BCUT2D eigenvalue weighted by molar-refractivity contribution is 5.85. The second-order valence-corrected chi connectivity index (χ2v) is 9.40. The van der Waals surface area contributed by atoms with E-state index in [0.29, 0.717) is 12.1 Å². The number of guanidine groups is 1. The number of carbonyl (C=O) groups is 1. The number of nitrogens with one attached hydrogen (secondary N) is 2. The van der Waals surface area contributed by atoms with Crippen LogP contribution in [0.5, 0.6) is 0 Å². The molecule has 1 saturated heterocycles. The summed E-state index contributed by atoms with van der Waals surface area (Å²) >= 11 is 0. The summed E-state index contributed by atoms with van der Waals surface area (Å²) in [7, 11) is 3.57. The number of hydrogen-bond acceptors (Lipinski definition) is 3. The predicted molar refractivity (Wildman–Crippen MR) is 128 cm³/mol. The first-order valence-electron chi connectivity index (χ1n) is 12.1. The molecule has 1 amide bonds. The molecule has 1 heterocycles. The number of nitrogens with zero attached hydrogens (tertiary/aromatic N) is 3. The van der Waals surface area contributed by atoms with E-state index in [1.54, 1.807) is 19.0 Å². The van der Waals surface area contributed by atoms with E-state index in [1.807, 2.05) is 0 Å². The molecule has 0 unspecified atom stereocenters. The molecule has 2 aliphatic rings. The number of likely N-dealkylation sites (N-methyl/N-ethyl adjacent to an activating group) is 1. The van der Waals surface area contributed by atoms with Crippen molar-refractivity contribution in [1.29, 1.82) is 0 Å². The van der Waals surface area contributed by atoms with Gasteiger partial charge in [-0.05, 0) is 50.0 Å². The Balaban J connectivity index is 1.51. The van der Waals surface area contributed by atoms with Gasteiger partial charge < -0.3 is 15.5 Å². The molecular formula is C25H41N5O. The number of piperidine rings is 1. The summed E-state index contributed by atoms with van der Waals surface area (Å²) in [6.45, 7) is 5.67. The first-order valence-corrected chi connectivity index (χ1v) is 12.1. The maximum atomic E-state index is 12.1. The number of hydrogen-bond donors (Lipinski definition) is 2. The van der Waals surface area contributed by atoms with Crippen LogP contribution in [0.4, 0.5) is 0 Å². The molecular weight excluding hydrogens is 386 g/mol. The number of aliphatic imine (C=N–C) groups is 1. The number of rotatable bonds is 7. The first-order chi connectivity index (χ1) is 15.0. The maximum Gasteiger partial charge on any atom is 0.243 e. The maximum absolute atomic E-state index is 12.1. The van der Waals surface area contributed by atoms with E-state index in [1.165, 1.54) is 37.7 Å². The molecule has 1 aromatic carbocycles. The molecule has 0 spiro atoms. The minimum Gasteiger partial charge on any atom is -0.354 e. The molecule has 2 fully saturated rings. The third-order valence-corrected chi connectivity index (χ3v) is 6.81. The van der Waals surface area contributed by atoms with Gasteiger partial charge in [-0.2, -0.15) is 0 Å². The zero-order valence-corrected chi connectivity index (χ0v) is 19.6. The molecule has 31 heavy (non-hydrogen) atoms. The van der Waals surface area contributed by atoms with Gasteiger partial charge in [-0.25, -0.2) is 4.99 Å². The van der Waals surface area contributed by atoms with Crippen LogP contribution in [0.25, 0.3) is 0 Å². The Kier molecular flexibility index (Phi) is 9.19. The lowest BCUT2D eigenvalue weighted by molar-refractivity contribution is -0.127. The summed E-state index contributed by atoms with van der Waals surface area (Å²) < 4.78 is 0. The Morgan fingerprint density at radius 1 is 1.00 bits per heavy atom. The van der Waals surface area contributed by atoms with Crippen LogP contribution in [0.15, 0.2) is 35.3 Å². The SMILES string of the molecule is CCC1CCC(NC(=NCC(=O)N(C)C)NC2CCN(Cc3ccccc3)CC2)CC1. The Hall–Kier alpha value is -2.08. The summed E-state index contributed by atoms with van der Waals surface area (Å²) in [5.74, 6) is 1.72. The van der Waals surface area contributed by atoms with Gasteiger partial charge in [-0.3, -0.25) is 9.69 Å². The number of carbonyl (C=O) groups excluding carboxylic acids is 1. The van der Waals surface area contributed by atoms with Gasteiger partial charge >= 0.3 is 0 Å². The zero-order valence-electron chi connectivity index (χ0n) is 19.6. The van der Waals surface area contributed by atoms with Gasteiger partial charge in [0.2, 0.25) is 5.91 Å². The number of benzene rings is 1. The number of likely N-dealkylation sites (tertiary alicyclic amines) is 1. The van der Waals surface area contributed by atoms with E-state index in [0.717, 1.165) is 44.4 Å². The van der Waals surface area contributed by atoms with Crippen LogP contribution in [0.3, 0.4) is 0 Å². The molecule has 1 saturated carbocycles. The van der Waals surface area contributed by atoms with Crippen LogP contribution < -0.4 is 10.6 Å². The standard InChI is InChI=1S/C25H41N5O/c1-4-20-10-12-22(13-11-20)27-25(26-18-24(31)29(2)3)28-23-14-16-30(17-15-23)19-21-8-6-5-7-9-21/h5-9,20,22-23H,4,10-19H2,1-3H3,(H2,26,27,28). The Morgan fingerprint density at radius 2 is 1.61 bits per heavy atom. The van der Waals surface area contributed by atoms with Gasteiger partial charge in [0.05, 0.1) is 0 Å². The molecule has 6 heteroatoms. The van der Waals surface area contributed by atoms with Crippen molar-refractivity contribution in [2.24, 2.45) is 10.9 Å². The highest BCUT2D eigenvalue weighted by Gasteiger charge is 2.24. The molecule has 1 aliphatic carbocycles. The van der Waals surface area contributed by atoms with Crippen molar-refractivity contribution < 1.29 is 4.79 Å². The van der Waals surface area contributed by atoms with E-state index in [9.17, 15) is 4.79 Å². The second kappa shape index (κ2) is 12.1. The molecule has 3 rings (SSSR count). The third kappa shape index (κ3) is 7.84. The molecule has 1 aromatic rings. The topological polar surface area (TPSA) is 60.0 Å². The van der Waals surface area contributed by atoms with Gasteiger partial charge in [0.15, 0.2) is 5.96 Å². The molecule has 0 radical (unpaired) electrons. The van der Waals surface area contributed by atoms with Crippen molar-refractivity contribution >= 4 is 11.9 Å². The lowest BCUT2D eigenvalue weighted by atomic mass is 9.84. The molecule has 6 nitrogen and oxygen atoms in total. The second-order valence-electron chi connectivity index (χ2n) is 9.40. The van der Waals surface area contributed by atoms with Gasteiger partial charge in [0.25, 0.3) is 0 Å².